The van der Waals surface area contributed by atoms with Crippen molar-refractivity contribution >= 4 is 56.1 Å². The molecular formula is C52H38F5N4S+. The zero-order valence-corrected chi connectivity index (χ0v) is 34.5. The Morgan fingerprint density at radius 2 is 1.13 bits per heavy atom. The molecule has 0 amide bonds. The van der Waals surface area contributed by atoms with E-state index >= 15 is 22.0 Å². The lowest BCUT2D eigenvalue weighted by molar-refractivity contribution is -0.439. The summed E-state index contributed by atoms with van der Waals surface area (Å²) < 4.78 is 78.3. The Morgan fingerprint density at radius 1 is 0.597 bits per heavy atom. The standard InChI is InChI=1S/C52H38F5N4S/c1-3-59(49-43(54)21-13-22-44(49)55)36-29-25-34(26-30-36)47(35-27-31-37(32-28-35)60(4-2)50-45(56)23-14-24-46(50)57)51-48(40-19-11-12-20-42(40)53)41(33-58)52(62-51)61(38-15-7-5-8-16-38)39-17-9-6-10-18-39/h5-32H,3-4H2,1-2H3/q+1. The Kier molecular flexibility index (Phi) is 12.1. The molecule has 0 unspecified atom stereocenters. The van der Waals surface area contributed by atoms with E-state index in [2.05, 4.69) is 6.07 Å². The van der Waals surface area contributed by atoms with Gasteiger partial charge in [-0.2, -0.15) is 18.6 Å². The number of thiophene rings is 1. The molecule has 6 aromatic carbocycles. The average molecular weight is 846 g/mol. The lowest BCUT2D eigenvalue weighted by Gasteiger charge is -2.25. The van der Waals surface area contributed by atoms with Crippen LogP contribution in [-0.4, -0.2) is 23.4 Å². The van der Waals surface area contributed by atoms with Gasteiger partial charge in [0, 0.05) is 57.3 Å². The van der Waals surface area contributed by atoms with E-state index in [0.717, 1.165) is 11.4 Å². The molecule has 4 nitrogen and oxygen atoms in total. The van der Waals surface area contributed by atoms with Crippen molar-refractivity contribution in [3.63, 3.8) is 0 Å². The second kappa shape index (κ2) is 18.1. The molecule has 62 heavy (non-hydrogen) atoms. The molecule has 0 aliphatic heterocycles. The molecule has 7 aromatic rings. The zero-order valence-electron chi connectivity index (χ0n) is 33.7. The number of nitrogens with zero attached hydrogens (tertiary/aromatic N) is 4. The first-order chi connectivity index (χ1) is 30.2. The van der Waals surface area contributed by atoms with Gasteiger partial charge >= 0.3 is 0 Å². The molecule has 306 valence electrons. The van der Waals surface area contributed by atoms with E-state index in [9.17, 15) is 5.26 Å². The normalized spacial score (nSPS) is 12.0. The summed E-state index contributed by atoms with van der Waals surface area (Å²) in [7, 11) is 0. The number of hydrogen-bond donors (Lipinski definition) is 0. The van der Waals surface area contributed by atoms with Crippen molar-refractivity contribution in [3.05, 3.63) is 221 Å². The van der Waals surface area contributed by atoms with E-state index in [1.807, 2.05) is 89.8 Å². The summed E-state index contributed by atoms with van der Waals surface area (Å²) in [5, 5.41) is 11.7. The Balaban J connectivity index is 1.41. The van der Waals surface area contributed by atoms with Gasteiger partial charge in [-0.1, -0.05) is 78.9 Å². The summed E-state index contributed by atoms with van der Waals surface area (Å²) in [6, 6.07) is 42.6. The van der Waals surface area contributed by atoms with E-state index in [4.69, 9.17) is 0 Å². The van der Waals surface area contributed by atoms with Crippen LogP contribution in [0.1, 0.15) is 29.9 Å². The minimum absolute atomic E-state index is 0.181. The van der Waals surface area contributed by atoms with Gasteiger partial charge in [-0.3, -0.25) is 0 Å². The first kappa shape index (κ1) is 41.4. The highest BCUT2D eigenvalue weighted by Gasteiger charge is 2.31. The van der Waals surface area contributed by atoms with Crippen LogP contribution in [0.15, 0.2) is 175 Å². The molecule has 0 radical (unpaired) electrons. The third-order valence-corrected chi connectivity index (χ3v) is 11.8. The summed E-state index contributed by atoms with van der Waals surface area (Å²) in [6.07, 6.45) is 7.19. The number of para-hydroxylation sites is 4. The Labute approximate surface area is 361 Å². The van der Waals surface area contributed by atoms with E-state index in [1.165, 1.54) is 53.8 Å². The Bertz CT molecular complexity index is 2850. The van der Waals surface area contributed by atoms with Crippen LogP contribution in [0.4, 0.5) is 55.4 Å². The smallest absolute Gasteiger partial charge is 0.277 e. The second-order valence-corrected chi connectivity index (χ2v) is 15.2. The number of halogens is 5. The summed E-state index contributed by atoms with van der Waals surface area (Å²) in [5.74, 6) is -3.34. The Hall–Kier alpha value is -7.35. The lowest BCUT2D eigenvalue weighted by atomic mass is 9.90. The highest BCUT2D eigenvalue weighted by molar-refractivity contribution is 7.18. The number of benzene rings is 6. The maximum Gasteiger partial charge on any atom is 0.277 e. The summed E-state index contributed by atoms with van der Waals surface area (Å²) in [4.78, 5) is 4.09. The monoisotopic (exact) mass is 845 g/mol. The average Bonchev–Trinajstić information content (AvgIpc) is 3.66. The van der Waals surface area contributed by atoms with E-state index in [0.29, 0.717) is 43.6 Å². The van der Waals surface area contributed by atoms with Crippen molar-refractivity contribution in [1.29, 1.82) is 5.26 Å². The largest absolute Gasteiger partial charge is 0.337 e. The molecule has 0 atom stereocenters. The van der Waals surface area contributed by atoms with Crippen molar-refractivity contribution in [1.82, 2.24) is 0 Å². The van der Waals surface area contributed by atoms with Crippen LogP contribution in [0.5, 0.6) is 0 Å². The molecule has 0 saturated carbocycles. The quantitative estimate of drug-likeness (QED) is 0.0961. The first-order valence-electron chi connectivity index (χ1n) is 20.0. The van der Waals surface area contributed by atoms with Crippen LogP contribution in [0.2, 0.25) is 0 Å². The van der Waals surface area contributed by atoms with Gasteiger partial charge in [0.25, 0.3) is 5.69 Å². The van der Waals surface area contributed by atoms with Crippen LogP contribution in [0.25, 0.3) is 16.7 Å². The van der Waals surface area contributed by atoms with Crippen LogP contribution in [0, 0.1) is 40.4 Å². The van der Waals surface area contributed by atoms with E-state index < -0.39 is 29.1 Å². The molecular weight excluding hydrogens is 808 g/mol. The van der Waals surface area contributed by atoms with Crippen molar-refractivity contribution < 1.29 is 26.5 Å². The van der Waals surface area contributed by atoms with E-state index in [-0.39, 0.29) is 35.6 Å². The van der Waals surface area contributed by atoms with Gasteiger partial charge in [-0.05, 0) is 104 Å². The van der Waals surface area contributed by atoms with Crippen molar-refractivity contribution in [2.24, 2.45) is 0 Å². The van der Waals surface area contributed by atoms with Gasteiger partial charge in [0.1, 0.15) is 40.8 Å². The zero-order chi connectivity index (χ0) is 43.3. The van der Waals surface area contributed by atoms with Gasteiger partial charge in [0.2, 0.25) is 5.71 Å². The molecule has 1 heterocycles. The third kappa shape index (κ3) is 7.86. The van der Waals surface area contributed by atoms with Crippen molar-refractivity contribution in [2.75, 3.05) is 22.9 Å². The predicted molar refractivity (Wildman–Crippen MR) is 241 cm³/mol. The van der Waals surface area contributed by atoms with Gasteiger partial charge in [0.05, 0.1) is 5.56 Å². The minimum atomic E-state index is -0.703. The van der Waals surface area contributed by atoms with Gasteiger partial charge < -0.3 is 9.80 Å². The van der Waals surface area contributed by atoms with Gasteiger partial charge in [-0.25, -0.2) is 13.2 Å². The van der Waals surface area contributed by atoms with E-state index in [1.54, 1.807) is 65.8 Å². The van der Waals surface area contributed by atoms with Gasteiger partial charge in [-0.15, -0.1) is 11.3 Å². The van der Waals surface area contributed by atoms with Crippen molar-refractivity contribution in [3.8, 4) is 17.2 Å². The molecule has 8 rings (SSSR count). The molecule has 0 saturated heterocycles. The number of anilines is 5. The number of allylic oxidation sites excluding steroid dienone is 5. The minimum Gasteiger partial charge on any atom is -0.337 e. The summed E-state index contributed by atoms with van der Waals surface area (Å²) in [5.41, 5.74) is 5.00. The van der Waals surface area contributed by atoms with Crippen LogP contribution in [-0.2, 0) is 0 Å². The highest BCUT2D eigenvalue weighted by atomic mass is 32.1. The van der Waals surface area contributed by atoms with Crippen LogP contribution in [0.3, 0.4) is 0 Å². The molecule has 1 aliphatic rings. The molecule has 0 N–H and O–H groups in total. The molecule has 10 heteroatoms. The molecule has 0 fully saturated rings. The highest BCUT2D eigenvalue weighted by Crippen LogP contribution is 2.52. The molecule has 1 aliphatic carbocycles. The third-order valence-electron chi connectivity index (χ3n) is 10.6. The number of rotatable bonds is 11. The fraction of sp³-hybridized carbons (Fsp3) is 0.0769. The van der Waals surface area contributed by atoms with Crippen molar-refractivity contribution in [2.45, 2.75) is 13.8 Å². The molecule has 1 aromatic heterocycles. The number of hydrogen-bond acceptors (Lipinski definition) is 4. The fourth-order valence-corrected chi connectivity index (χ4v) is 9.19. The maximum absolute atomic E-state index is 16.2. The SMILES string of the molecule is CCN(c1ccc(C(=C2C=CC(=[N+](CC)c3c(F)cccc3F)C=C2)c2sc(N(c3ccccc3)c3ccccc3)c(C#N)c2-c2ccccc2F)cc1)c1c(F)cccc1F. The molecule has 0 bridgehead atoms. The maximum atomic E-state index is 16.2. The number of nitriles is 1. The Morgan fingerprint density at radius 3 is 1.66 bits per heavy atom. The topological polar surface area (TPSA) is 33.3 Å². The first-order valence-corrected chi connectivity index (χ1v) is 20.8. The fourth-order valence-electron chi connectivity index (χ4n) is 7.79. The summed E-state index contributed by atoms with van der Waals surface area (Å²) in [6.45, 7) is 4.12. The summed E-state index contributed by atoms with van der Waals surface area (Å²) >= 11 is 1.32. The molecule has 0 spiro atoms. The van der Waals surface area contributed by atoms with Gasteiger partial charge in [0.15, 0.2) is 11.6 Å². The second-order valence-electron chi connectivity index (χ2n) is 14.2. The lowest BCUT2D eigenvalue weighted by Crippen LogP contribution is -2.19. The van der Waals surface area contributed by atoms with Crippen LogP contribution < -0.4 is 9.80 Å². The van der Waals surface area contributed by atoms with Crippen LogP contribution >= 0.6 is 11.3 Å². The predicted octanol–water partition coefficient (Wildman–Crippen LogP) is 14.3.